The van der Waals surface area contributed by atoms with Gasteiger partial charge in [0.1, 0.15) is 12.4 Å². The first-order chi connectivity index (χ1) is 13.4. The van der Waals surface area contributed by atoms with Crippen molar-refractivity contribution >= 4 is 6.09 Å². The number of alkyl carbamates (subject to hydrolysis) is 1. The number of rotatable bonds is 6. The summed E-state index contributed by atoms with van der Waals surface area (Å²) in [6.45, 7) is 7.88. The van der Waals surface area contributed by atoms with Crippen LogP contribution in [0.1, 0.15) is 32.3 Å². The minimum Gasteiger partial charge on any atom is -0.491 e. The van der Waals surface area contributed by atoms with Crippen LogP contribution in [0.5, 0.6) is 5.75 Å². The smallest absolute Gasteiger partial charge is 0.408 e. The number of ether oxygens (including phenoxy) is 3. The molecule has 3 fully saturated rings. The Kier molecular flexibility index (Phi) is 6.82. The Morgan fingerprint density at radius 3 is 2.54 bits per heavy atom. The van der Waals surface area contributed by atoms with Gasteiger partial charge in [0.2, 0.25) is 0 Å². The molecule has 1 aromatic carbocycles. The summed E-state index contributed by atoms with van der Waals surface area (Å²) in [7, 11) is 1.64. The SMILES string of the molecule is COCCOc1ccc(C#CC(C)(C)OC(=O)NC2CN3CCC2CC3)cc1. The summed E-state index contributed by atoms with van der Waals surface area (Å²) in [5.74, 6) is 7.46. The molecular weight excluding hydrogens is 356 g/mol. The summed E-state index contributed by atoms with van der Waals surface area (Å²) in [6.07, 6.45) is 1.92. The summed E-state index contributed by atoms with van der Waals surface area (Å²) in [4.78, 5) is 14.7. The lowest BCUT2D eigenvalue weighted by molar-refractivity contribution is 0.0460. The van der Waals surface area contributed by atoms with Crippen LogP contribution in [0, 0.1) is 17.8 Å². The molecule has 6 nitrogen and oxygen atoms in total. The van der Waals surface area contributed by atoms with E-state index in [1.54, 1.807) is 21.0 Å². The molecule has 1 amide bonds. The van der Waals surface area contributed by atoms with E-state index in [0.717, 1.165) is 43.8 Å². The predicted molar refractivity (Wildman–Crippen MR) is 107 cm³/mol. The third-order valence-electron chi connectivity index (χ3n) is 5.23. The van der Waals surface area contributed by atoms with Gasteiger partial charge in [0.15, 0.2) is 5.60 Å². The van der Waals surface area contributed by atoms with Crippen LogP contribution in [0.3, 0.4) is 0 Å². The molecule has 1 aromatic rings. The van der Waals surface area contributed by atoms with Crippen LogP contribution in [0.15, 0.2) is 24.3 Å². The van der Waals surface area contributed by atoms with Crippen molar-refractivity contribution in [1.29, 1.82) is 0 Å². The van der Waals surface area contributed by atoms with E-state index in [-0.39, 0.29) is 12.1 Å². The summed E-state index contributed by atoms with van der Waals surface area (Å²) < 4.78 is 16.1. The topological polar surface area (TPSA) is 60.0 Å². The second-order valence-electron chi connectivity index (χ2n) is 7.90. The van der Waals surface area contributed by atoms with E-state index in [1.165, 1.54) is 0 Å². The second kappa shape index (κ2) is 9.31. The van der Waals surface area contributed by atoms with Crippen molar-refractivity contribution in [2.24, 2.45) is 5.92 Å². The normalized spacial score (nSPS) is 23.5. The number of hydrogen-bond acceptors (Lipinski definition) is 5. The number of nitrogens with one attached hydrogen (secondary N) is 1. The Bertz CT molecular complexity index is 712. The van der Waals surface area contributed by atoms with Crippen molar-refractivity contribution in [3.63, 3.8) is 0 Å². The van der Waals surface area contributed by atoms with Crippen molar-refractivity contribution in [3.8, 4) is 17.6 Å². The van der Waals surface area contributed by atoms with E-state index >= 15 is 0 Å². The molecule has 1 atom stereocenters. The number of carbonyl (C=O) groups is 1. The lowest BCUT2D eigenvalue weighted by atomic mass is 9.84. The molecule has 4 rings (SSSR count). The number of fused-ring (bicyclic) bond motifs is 3. The zero-order valence-electron chi connectivity index (χ0n) is 17.0. The summed E-state index contributed by atoms with van der Waals surface area (Å²) >= 11 is 0. The van der Waals surface area contributed by atoms with Crippen LogP contribution in [0.4, 0.5) is 4.79 Å². The Morgan fingerprint density at radius 2 is 1.93 bits per heavy atom. The molecule has 3 aliphatic heterocycles. The number of hydrogen-bond donors (Lipinski definition) is 1. The number of nitrogens with zero attached hydrogens (tertiary/aromatic N) is 1. The number of piperidine rings is 3. The summed E-state index contributed by atoms with van der Waals surface area (Å²) in [5, 5.41) is 3.04. The van der Waals surface area contributed by atoms with Crippen LogP contribution >= 0.6 is 0 Å². The fourth-order valence-corrected chi connectivity index (χ4v) is 3.67. The fraction of sp³-hybridized carbons (Fsp3) is 0.591. The lowest BCUT2D eigenvalue weighted by Crippen LogP contribution is -2.57. The van der Waals surface area contributed by atoms with Gasteiger partial charge in [-0.15, -0.1) is 0 Å². The Balaban J connectivity index is 1.50. The first-order valence-corrected chi connectivity index (χ1v) is 9.92. The quantitative estimate of drug-likeness (QED) is 0.602. The predicted octanol–water partition coefficient (Wildman–Crippen LogP) is 2.66. The van der Waals surface area contributed by atoms with Gasteiger partial charge in [-0.2, -0.15) is 0 Å². The van der Waals surface area contributed by atoms with E-state index in [1.807, 2.05) is 24.3 Å². The third-order valence-corrected chi connectivity index (χ3v) is 5.23. The van der Waals surface area contributed by atoms with Crippen LogP contribution in [-0.4, -0.2) is 62.6 Å². The Hall–Kier alpha value is -2.23. The molecule has 3 heterocycles. The average Bonchev–Trinajstić information content (AvgIpc) is 2.68. The van der Waals surface area contributed by atoms with Crippen LogP contribution in [0.25, 0.3) is 0 Å². The van der Waals surface area contributed by atoms with Crippen molar-refractivity contribution in [2.75, 3.05) is 40.0 Å². The molecule has 1 N–H and O–H groups in total. The highest BCUT2D eigenvalue weighted by molar-refractivity contribution is 5.68. The molecule has 2 bridgehead atoms. The molecule has 0 saturated carbocycles. The highest BCUT2D eigenvalue weighted by atomic mass is 16.6. The lowest BCUT2D eigenvalue weighted by Gasteiger charge is -2.44. The van der Waals surface area contributed by atoms with Crippen LogP contribution < -0.4 is 10.1 Å². The molecule has 0 radical (unpaired) electrons. The van der Waals surface area contributed by atoms with Gasteiger partial charge in [-0.05, 0) is 70.0 Å². The van der Waals surface area contributed by atoms with Gasteiger partial charge in [0.25, 0.3) is 0 Å². The van der Waals surface area contributed by atoms with Crippen LogP contribution in [0.2, 0.25) is 0 Å². The number of amides is 1. The minimum absolute atomic E-state index is 0.185. The zero-order valence-corrected chi connectivity index (χ0v) is 17.0. The maximum absolute atomic E-state index is 12.3. The standard InChI is InChI=1S/C22H30N2O4/c1-22(2,11-8-17-4-6-19(7-5-17)27-15-14-26-3)28-21(25)23-20-16-24-12-9-18(20)10-13-24/h4-7,18,20H,9-10,12-16H2,1-3H3,(H,23,25). The van der Waals surface area contributed by atoms with Gasteiger partial charge in [0, 0.05) is 25.3 Å². The molecular formula is C22H30N2O4. The summed E-state index contributed by atoms with van der Waals surface area (Å²) in [6, 6.07) is 7.70. The molecule has 0 aromatic heterocycles. The highest BCUT2D eigenvalue weighted by Gasteiger charge is 2.35. The molecule has 28 heavy (non-hydrogen) atoms. The monoisotopic (exact) mass is 386 g/mol. The molecule has 6 heteroatoms. The van der Waals surface area contributed by atoms with Gasteiger partial charge >= 0.3 is 6.09 Å². The second-order valence-corrected chi connectivity index (χ2v) is 7.90. The van der Waals surface area contributed by atoms with Gasteiger partial charge in [0.05, 0.1) is 6.61 Å². The van der Waals surface area contributed by atoms with E-state index in [4.69, 9.17) is 14.2 Å². The zero-order chi connectivity index (χ0) is 20.0. The Labute approximate surface area is 167 Å². The van der Waals surface area contributed by atoms with Crippen molar-refractivity contribution in [3.05, 3.63) is 29.8 Å². The van der Waals surface area contributed by atoms with Gasteiger partial charge in [-0.25, -0.2) is 4.79 Å². The molecule has 3 saturated heterocycles. The number of methoxy groups -OCH3 is 1. The van der Waals surface area contributed by atoms with Crippen LogP contribution in [-0.2, 0) is 9.47 Å². The first kappa shape index (κ1) is 20.5. The van der Waals surface area contributed by atoms with Crippen molar-refractivity contribution in [1.82, 2.24) is 10.2 Å². The molecule has 1 unspecified atom stereocenters. The van der Waals surface area contributed by atoms with Crippen molar-refractivity contribution in [2.45, 2.75) is 38.3 Å². The van der Waals surface area contributed by atoms with Gasteiger partial charge < -0.3 is 24.4 Å². The third kappa shape index (κ3) is 5.88. The number of benzene rings is 1. The highest BCUT2D eigenvalue weighted by Crippen LogP contribution is 2.27. The molecule has 0 spiro atoms. The first-order valence-electron chi connectivity index (χ1n) is 9.92. The van der Waals surface area contributed by atoms with Crippen molar-refractivity contribution < 1.29 is 19.0 Å². The molecule has 0 aliphatic carbocycles. The molecule has 152 valence electrons. The largest absolute Gasteiger partial charge is 0.491 e. The van der Waals surface area contributed by atoms with E-state index in [9.17, 15) is 4.79 Å². The van der Waals surface area contributed by atoms with E-state index < -0.39 is 5.60 Å². The van der Waals surface area contributed by atoms with E-state index in [0.29, 0.717) is 19.1 Å². The van der Waals surface area contributed by atoms with E-state index in [2.05, 4.69) is 22.1 Å². The fourth-order valence-electron chi connectivity index (χ4n) is 3.67. The summed E-state index contributed by atoms with van der Waals surface area (Å²) in [5.41, 5.74) is -0.0281. The van der Waals surface area contributed by atoms with Gasteiger partial charge in [-0.1, -0.05) is 11.8 Å². The maximum Gasteiger partial charge on any atom is 0.408 e. The minimum atomic E-state index is -0.869. The molecule has 3 aliphatic rings. The Morgan fingerprint density at radius 1 is 1.21 bits per heavy atom. The average molecular weight is 386 g/mol. The van der Waals surface area contributed by atoms with Gasteiger partial charge in [-0.3, -0.25) is 0 Å². The number of carbonyl (C=O) groups excluding carboxylic acids is 1. The maximum atomic E-state index is 12.3.